The fourth-order valence-electron chi connectivity index (χ4n) is 4.51. The Hall–Kier alpha value is -2.38. The number of likely N-dealkylation sites (tertiary alicyclic amines) is 1. The van der Waals surface area contributed by atoms with Crippen LogP contribution in [0.25, 0.3) is 0 Å². The Balaban J connectivity index is 1.85. The Morgan fingerprint density at radius 3 is 2.17 bits per heavy atom. The number of piperidine rings is 1. The topological polar surface area (TPSA) is 49.9 Å². The fraction of sp³-hybridized carbons (Fsp3) is 0.481. The molecule has 0 bridgehead atoms. The molecule has 0 radical (unpaired) electrons. The van der Waals surface area contributed by atoms with Crippen molar-refractivity contribution >= 4 is 35.2 Å². The van der Waals surface area contributed by atoms with Gasteiger partial charge in [0.2, 0.25) is 5.91 Å². The molecule has 3 rings (SSSR count). The van der Waals surface area contributed by atoms with Gasteiger partial charge in [-0.25, -0.2) is 13.6 Å². The quantitative estimate of drug-likeness (QED) is 0.404. The fourth-order valence-corrected chi connectivity index (χ4v) is 5.05. The molecule has 0 N–H and O–H groups in total. The molecule has 9 heteroatoms. The van der Waals surface area contributed by atoms with E-state index < -0.39 is 28.7 Å². The summed E-state index contributed by atoms with van der Waals surface area (Å²) in [6.45, 7) is 7.90. The third-order valence-corrected chi connectivity index (χ3v) is 7.17. The van der Waals surface area contributed by atoms with Crippen LogP contribution in [0.15, 0.2) is 36.4 Å². The van der Waals surface area contributed by atoms with Gasteiger partial charge in [-0.2, -0.15) is 0 Å². The Morgan fingerprint density at radius 2 is 1.64 bits per heavy atom. The van der Waals surface area contributed by atoms with Gasteiger partial charge in [-0.05, 0) is 82.0 Å². The number of hydrogen-bond acceptors (Lipinski definition) is 3. The highest BCUT2D eigenvalue weighted by atomic mass is 35.5. The van der Waals surface area contributed by atoms with E-state index in [1.807, 2.05) is 6.92 Å². The minimum absolute atomic E-state index is 0.0648. The summed E-state index contributed by atoms with van der Waals surface area (Å²) in [5.41, 5.74) is -0.0937. The molecular formula is C27H32Cl2F2N2O3. The highest BCUT2D eigenvalue weighted by molar-refractivity contribution is 6.34. The van der Waals surface area contributed by atoms with Crippen LogP contribution in [0.4, 0.5) is 13.6 Å². The lowest BCUT2D eigenvalue weighted by Crippen LogP contribution is -2.48. The van der Waals surface area contributed by atoms with Gasteiger partial charge < -0.3 is 14.5 Å². The lowest BCUT2D eigenvalue weighted by molar-refractivity contribution is -0.133. The average molecular weight is 541 g/mol. The van der Waals surface area contributed by atoms with Crippen LogP contribution in [0.2, 0.25) is 10.0 Å². The largest absolute Gasteiger partial charge is 0.444 e. The van der Waals surface area contributed by atoms with E-state index in [1.165, 1.54) is 6.07 Å². The molecule has 0 spiro atoms. The molecule has 2 aromatic rings. The number of hydrogen-bond donors (Lipinski definition) is 0. The first-order valence-electron chi connectivity index (χ1n) is 11.9. The van der Waals surface area contributed by atoms with Crippen molar-refractivity contribution in [1.29, 1.82) is 0 Å². The van der Waals surface area contributed by atoms with Crippen LogP contribution in [-0.2, 0) is 14.9 Å². The Kier molecular flexibility index (Phi) is 8.56. The van der Waals surface area contributed by atoms with Gasteiger partial charge in [0.25, 0.3) is 0 Å². The van der Waals surface area contributed by atoms with Crippen LogP contribution in [0.3, 0.4) is 0 Å². The maximum absolute atomic E-state index is 14.2. The number of benzene rings is 2. The Bertz CT molecular complexity index is 1110. The van der Waals surface area contributed by atoms with Gasteiger partial charge >= 0.3 is 6.09 Å². The summed E-state index contributed by atoms with van der Waals surface area (Å²) in [5, 5.41) is 0.941. The van der Waals surface area contributed by atoms with Crippen LogP contribution < -0.4 is 0 Å². The van der Waals surface area contributed by atoms with Gasteiger partial charge in [-0.1, -0.05) is 29.3 Å². The van der Waals surface area contributed by atoms with Gasteiger partial charge in [-0.15, -0.1) is 0 Å². The van der Waals surface area contributed by atoms with Crippen molar-refractivity contribution in [2.75, 3.05) is 20.1 Å². The molecule has 2 aromatic carbocycles. The molecule has 0 aromatic heterocycles. The molecule has 1 heterocycles. The van der Waals surface area contributed by atoms with Gasteiger partial charge in [-0.3, -0.25) is 4.79 Å². The molecule has 5 nitrogen and oxygen atoms in total. The van der Waals surface area contributed by atoms with E-state index in [-0.39, 0.29) is 18.4 Å². The van der Waals surface area contributed by atoms with Gasteiger partial charge in [0.15, 0.2) is 11.6 Å². The SMILES string of the molecule is CC(c1cc(Cl)cc(Cl)c1)N(C)C(=O)CC1(c2ccc(F)c(F)c2)CCN(C(=O)OC(C)(C)C)CC1. The van der Waals surface area contributed by atoms with Crippen molar-refractivity contribution in [3.05, 3.63) is 69.2 Å². The number of rotatable bonds is 5. The van der Waals surface area contributed by atoms with Gasteiger partial charge in [0.05, 0.1) is 6.04 Å². The summed E-state index contributed by atoms with van der Waals surface area (Å²) in [7, 11) is 1.69. The standard InChI is InChI=1S/C27H32Cl2F2N2O3/c1-17(18-12-20(28)15-21(29)13-18)32(5)24(34)16-27(19-6-7-22(30)23(31)14-19)8-10-33(11-9-27)25(35)36-26(2,3)4/h6-7,12-15,17H,8-11,16H2,1-5H3. The zero-order valence-electron chi connectivity index (χ0n) is 21.2. The van der Waals surface area contributed by atoms with E-state index in [0.717, 1.165) is 17.7 Å². The summed E-state index contributed by atoms with van der Waals surface area (Å²) >= 11 is 12.3. The summed E-state index contributed by atoms with van der Waals surface area (Å²) in [6, 6.07) is 8.58. The molecule has 1 unspecified atom stereocenters. The van der Waals surface area contributed by atoms with Gasteiger partial charge in [0, 0.05) is 42.0 Å². The summed E-state index contributed by atoms with van der Waals surface area (Å²) in [4.78, 5) is 29.3. The zero-order chi connectivity index (χ0) is 26.8. The lowest BCUT2D eigenvalue weighted by Gasteiger charge is -2.43. The zero-order valence-corrected chi connectivity index (χ0v) is 22.7. The maximum Gasteiger partial charge on any atom is 0.410 e. The second kappa shape index (κ2) is 10.9. The van der Waals surface area contributed by atoms with Crippen LogP contribution >= 0.6 is 23.2 Å². The van der Waals surface area contributed by atoms with Gasteiger partial charge in [0.1, 0.15) is 5.60 Å². The molecule has 2 amide bonds. The molecule has 1 aliphatic heterocycles. The lowest BCUT2D eigenvalue weighted by atomic mass is 9.70. The summed E-state index contributed by atoms with van der Waals surface area (Å²) in [5.74, 6) is -2.09. The smallest absolute Gasteiger partial charge is 0.410 e. The molecule has 0 saturated carbocycles. The average Bonchev–Trinajstić information content (AvgIpc) is 2.78. The van der Waals surface area contributed by atoms with Crippen molar-refractivity contribution in [2.45, 2.75) is 64.0 Å². The predicted molar refractivity (Wildman–Crippen MR) is 137 cm³/mol. The third kappa shape index (κ3) is 6.68. The van der Waals surface area contributed by atoms with E-state index >= 15 is 0 Å². The number of nitrogens with zero attached hydrogens (tertiary/aromatic N) is 2. The first kappa shape index (κ1) is 28.2. The van der Waals surface area contributed by atoms with E-state index in [1.54, 1.807) is 55.8 Å². The number of carbonyl (C=O) groups is 2. The van der Waals surface area contributed by atoms with Crippen LogP contribution in [0.5, 0.6) is 0 Å². The summed E-state index contributed by atoms with van der Waals surface area (Å²) in [6.07, 6.45) is 0.425. The van der Waals surface area contributed by atoms with Crippen molar-refractivity contribution in [3.8, 4) is 0 Å². The van der Waals surface area contributed by atoms with E-state index in [0.29, 0.717) is 41.5 Å². The number of amides is 2. The van der Waals surface area contributed by atoms with Crippen molar-refractivity contribution in [2.24, 2.45) is 0 Å². The van der Waals surface area contributed by atoms with Crippen LogP contribution in [0, 0.1) is 11.6 Å². The van der Waals surface area contributed by atoms with Crippen LogP contribution in [-0.4, -0.2) is 47.5 Å². The first-order chi connectivity index (χ1) is 16.7. The van der Waals surface area contributed by atoms with Crippen molar-refractivity contribution < 1.29 is 23.1 Å². The van der Waals surface area contributed by atoms with Crippen LogP contribution in [0.1, 0.15) is 64.1 Å². The molecule has 1 aliphatic rings. The second-order valence-corrected chi connectivity index (χ2v) is 11.3. The number of halogens is 4. The normalized spacial score (nSPS) is 16.4. The monoisotopic (exact) mass is 540 g/mol. The second-order valence-electron chi connectivity index (χ2n) is 10.4. The molecule has 0 aliphatic carbocycles. The minimum Gasteiger partial charge on any atom is -0.444 e. The summed E-state index contributed by atoms with van der Waals surface area (Å²) < 4.78 is 33.4. The number of ether oxygens (including phenoxy) is 1. The number of carbonyl (C=O) groups excluding carboxylic acids is 2. The molecule has 36 heavy (non-hydrogen) atoms. The van der Waals surface area contributed by atoms with Crippen molar-refractivity contribution in [3.63, 3.8) is 0 Å². The molecule has 1 saturated heterocycles. The highest BCUT2D eigenvalue weighted by Gasteiger charge is 2.41. The highest BCUT2D eigenvalue weighted by Crippen LogP contribution is 2.41. The third-order valence-electron chi connectivity index (χ3n) is 6.74. The molecule has 196 valence electrons. The molecule has 1 fully saturated rings. The van der Waals surface area contributed by atoms with E-state index in [4.69, 9.17) is 27.9 Å². The van der Waals surface area contributed by atoms with Crippen molar-refractivity contribution in [1.82, 2.24) is 9.80 Å². The van der Waals surface area contributed by atoms with E-state index in [9.17, 15) is 18.4 Å². The first-order valence-corrected chi connectivity index (χ1v) is 12.6. The maximum atomic E-state index is 14.2. The Labute approximate surface area is 221 Å². The molecule has 1 atom stereocenters. The van der Waals surface area contributed by atoms with E-state index in [2.05, 4.69) is 0 Å². The Morgan fingerprint density at radius 1 is 1.06 bits per heavy atom. The predicted octanol–water partition coefficient (Wildman–Crippen LogP) is 7.15. The minimum atomic E-state index is -0.968. The molecular weight excluding hydrogens is 509 g/mol.